The minimum Gasteiger partial charge on any atom is -0.135 e. The predicted molar refractivity (Wildman–Crippen MR) is 169 cm³/mol. The lowest BCUT2D eigenvalue weighted by Gasteiger charge is -2.35. The van der Waals surface area contributed by atoms with Crippen molar-refractivity contribution in [3.8, 4) is 20.9 Å². The maximum absolute atomic E-state index is 2.40. The predicted octanol–water partition coefficient (Wildman–Crippen LogP) is 10.8. The zero-order chi connectivity index (χ0) is 25.5. The van der Waals surface area contributed by atoms with Gasteiger partial charge in [-0.3, -0.25) is 0 Å². The van der Waals surface area contributed by atoms with Gasteiger partial charge in [0.15, 0.2) is 0 Å². The summed E-state index contributed by atoms with van der Waals surface area (Å²) in [4.78, 5) is 2.65. The van der Waals surface area contributed by atoms with Gasteiger partial charge in [-0.25, -0.2) is 0 Å². The highest BCUT2D eigenvalue weighted by atomic mass is 32.1. The van der Waals surface area contributed by atoms with E-state index >= 15 is 0 Å². The molecule has 0 aliphatic heterocycles. The summed E-state index contributed by atoms with van der Waals surface area (Å²) < 4.78 is 0. The second-order valence-electron chi connectivity index (χ2n) is 10.8. The summed E-state index contributed by atoms with van der Waals surface area (Å²) in [6.07, 6.45) is 16.2. The Hall–Kier alpha value is -4.46. The number of benzene rings is 5. The summed E-state index contributed by atoms with van der Waals surface area (Å²) in [5.41, 5.74) is 8.32. The molecule has 1 aromatic heterocycles. The zero-order valence-electron chi connectivity index (χ0n) is 21.3. The molecule has 182 valence electrons. The van der Waals surface area contributed by atoms with Crippen LogP contribution in [0.1, 0.15) is 22.6 Å². The first-order valence-corrected chi connectivity index (χ1v) is 14.5. The second kappa shape index (κ2) is 8.02. The van der Waals surface area contributed by atoms with Crippen molar-refractivity contribution < 1.29 is 0 Å². The minimum atomic E-state index is 0.443. The van der Waals surface area contributed by atoms with Crippen LogP contribution < -0.4 is 0 Å². The lowest BCUT2D eigenvalue weighted by molar-refractivity contribution is 0.665. The summed E-state index contributed by atoms with van der Waals surface area (Å²) in [5.74, 6) is 0.900. The second-order valence-corrected chi connectivity index (χ2v) is 11.9. The van der Waals surface area contributed by atoms with E-state index in [9.17, 15) is 0 Å². The van der Waals surface area contributed by atoms with Gasteiger partial charge < -0.3 is 0 Å². The van der Waals surface area contributed by atoms with Crippen LogP contribution in [0.5, 0.6) is 0 Å². The molecule has 9 rings (SSSR count). The fraction of sp³-hybridized carbons (Fsp3) is 0.0526. The van der Waals surface area contributed by atoms with E-state index in [2.05, 4.69) is 134 Å². The maximum atomic E-state index is 2.40. The molecule has 6 aromatic rings. The molecule has 0 amide bonds. The number of thiophene rings is 1. The summed E-state index contributed by atoms with van der Waals surface area (Å²) in [7, 11) is 0. The molecule has 3 aliphatic carbocycles. The molecule has 0 saturated carbocycles. The Labute approximate surface area is 231 Å². The topological polar surface area (TPSA) is 0 Å². The van der Waals surface area contributed by atoms with Crippen LogP contribution in [0.4, 0.5) is 0 Å². The molecule has 0 radical (unpaired) electrons. The Bertz CT molecular complexity index is 2090. The smallest absolute Gasteiger partial charge is 0.0355 e. The van der Waals surface area contributed by atoms with E-state index in [0.717, 1.165) is 0 Å². The first-order valence-electron chi connectivity index (χ1n) is 13.7. The minimum absolute atomic E-state index is 0.443. The molecule has 0 spiro atoms. The van der Waals surface area contributed by atoms with E-state index in [-0.39, 0.29) is 0 Å². The van der Waals surface area contributed by atoms with Crippen molar-refractivity contribution in [3.05, 3.63) is 144 Å². The maximum Gasteiger partial charge on any atom is 0.0355 e. The van der Waals surface area contributed by atoms with Crippen molar-refractivity contribution in [1.29, 1.82) is 0 Å². The van der Waals surface area contributed by atoms with Crippen molar-refractivity contribution >= 4 is 55.8 Å². The highest BCUT2D eigenvalue weighted by Crippen LogP contribution is 2.50. The molecule has 3 aliphatic rings. The van der Waals surface area contributed by atoms with Crippen LogP contribution in [0.15, 0.2) is 127 Å². The Kier molecular flexibility index (Phi) is 4.42. The average Bonchev–Trinajstić information content (AvgIpc) is 3.50. The van der Waals surface area contributed by atoms with Crippen molar-refractivity contribution in [1.82, 2.24) is 0 Å². The van der Waals surface area contributed by atoms with Gasteiger partial charge in [0.1, 0.15) is 0 Å². The fourth-order valence-electron chi connectivity index (χ4n) is 7.06. The van der Waals surface area contributed by atoms with Crippen molar-refractivity contribution in [2.75, 3.05) is 0 Å². The third-order valence-electron chi connectivity index (χ3n) is 8.84. The quantitative estimate of drug-likeness (QED) is 0.202. The van der Waals surface area contributed by atoms with Crippen LogP contribution in [0.2, 0.25) is 0 Å². The number of allylic oxidation sites excluding steroid dienone is 6. The Morgan fingerprint density at radius 2 is 1.28 bits per heavy atom. The van der Waals surface area contributed by atoms with Crippen LogP contribution in [0.3, 0.4) is 0 Å². The summed E-state index contributed by atoms with van der Waals surface area (Å²) in [6, 6.07) is 33.9. The van der Waals surface area contributed by atoms with E-state index in [1.807, 2.05) is 11.3 Å². The van der Waals surface area contributed by atoms with Crippen LogP contribution in [0.25, 0.3) is 65.4 Å². The Morgan fingerprint density at radius 1 is 0.564 bits per heavy atom. The van der Waals surface area contributed by atoms with Crippen molar-refractivity contribution in [3.63, 3.8) is 0 Å². The van der Waals surface area contributed by atoms with E-state index in [0.29, 0.717) is 11.8 Å². The van der Waals surface area contributed by atoms with Gasteiger partial charge in [-0.05, 0) is 83.9 Å². The lowest BCUT2D eigenvalue weighted by Crippen LogP contribution is -2.20. The van der Waals surface area contributed by atoms with Crippen LogP contribution in [0, 0.1) is 5.92 Å². The van der Waals surface area contributed by atoms with Gasteiger partial charge >= 0.3 is 0 Å². The molecule has 0 saturated heterocycles. The molecular formula is C38H24S. The molecular weight excluding hydrogens is 488 g/mol. The average molecular weight is 513 g/mol. The summed E-state index contributed by atoms with van der Waals surface area (Å²) >= 11 is 1.90. The van der Waals surface area contributed by atoms with Gasteiger partial charge in [0.05, 0.1) is 0 Å². The van der Waals surface area contributed by atoms with Crippen LogP contribution in [-0.2, 0) is 0 Å². The third-order valence-corrected chi connectivity index (χ3v) is 10.0. The molecule has 2 atom stereocenters. The zero-order valence-corrected chi connectivity index (χ0v) is 22.1. The van der Waals surface area contributed by atoms with E-state index < -0.39 is 0 Å². The SMILES string of the molecule is C1=CC2C=Cc3c(-c4ccc(-c5ccc6c7ccccc7c7ccccc7c6c5)s4)ccc4c3C2C(=C1)C=C4. The van der Waals surface area contributed by atoms with Gasteiger partial charge in [0, 0.05) is 21.6 Å². The molecule has 5 aromatic carbocycles. The molecule has 1 heterocycles. The molecule has 2 unspecified atom stereocenters. The summed E-state index contributed by atoms with van der Waals surface area (Å²) in [6.45, 7) is 0. The van der Waals surface area contributed by atoms with Gasteiger partial charge in [0.25, 0.3) is 0 Å². The van der Waals surface area contributed by atoms with Gasteiger partial charge in [-0.15, -0.1) is 11.3 Å². The lowest BCUT2D eigenvalue weighted by atomic mass is 9.68. The number of fused-ring (bicyclic) bond motifs is 6. The van der Waals surface area contributed by atoms with Crippen molar-refractivity contribution in [2.24, 2.45) is 5.92 Å². The first-order chi connectivity index (χ1) is 19.3. The first kappa shape index (κ1) is 21.5. The van der Waals surface area contributed by atoms with E-state index in [1.54, 1.807) is 0 Å². The Balaban J connectivity index is 1.20. The van der Waals surface area contributed by atoms with Crippen LogP contribution in [-0.4, -0.2) is 0 Å². The Morgan fingerprint density at radius 3 is 2.08 bits per heavy atom. The number of hydrogen-bond donors (Lipinski definition) is 0. The van der Waals surface area contributed by atoms with Crippen molar-refractivity contribution in [2.45, 2.75) is 5.92 Å². The standard InChI is InChI=1S/C38H24S/c1-2-10-29-27(8-1)28-9-3-4-11-30(28)34-22-26(16-17-31(29)34)35-20-21-36(39-35)32-18-14-25-13-12-23-6-5-7-24-15-19-33(32)38(25)37(23)24/h1-22,24,37H. The molecule has 0 bridgehead atoms. The third kappa shape index (κ3) is 3.05. The molecule has 0 N–H and O–H groups in total. The van der Waals surface area contributed by atoms with E-state index in [1.165, 1.54) is 75.5 Å². The number of hydrogen-bond acceptors (Lipinski definition) is 1. The van der Waals surface area contributed by atoms with Gasteiger partial charge in [-0.2, -0.15) is 0 Å². The van der Waals surface area contributed by atoms with Gasteiger partial charge in [0.2, 0.25) is 0 Å². The normalized spacial score (nSPS) is 18.6. The highest BCUT2D eigenvalue weighted by molar-refractivity contribution is 7.18. The molecule has 0 fully saturated rings. The molecule has 1 heteroatoms. The highest BCUT2D eigenvalue weighted by Gasteiger charge is 2.33. The molecule has 39 heavy (non-hydrogen) atoms. The van der Waals surface area contributed by atoms with Gasteiger partial charge in [-0.1, -0.05) is 115 Å². The molecule has 0 nitrogen and oxygen atoms in total. The summed E-state index contributed by atoms with van der Waals surface area (Å²) in [5, 5.41) is 7.94. The monoisotopic (exact) mass is 512 g/mol. The largest absolute Gasteiger partial charge is 0.135 e. The van der Waals surface area contributed by atoms with E-state index in [4.69, 9.17) is 0 Å². The fourth-order valence-corrected chi connectivity index (χ4v) is 8.10. The van der Waals surface area contributed by atoms with Crippen LogP contribution >= 0.6 is 11.3 Å². The number of rotatable bonds is 2.